The van der Waals surface area contributed by atoms with Crippen LogP contribution >= 0.6 is 11.3 Å². The van der Waals surface area contributed by atoms with Gasteiger partial charge in [-0.25, -0.2) is 9.97 Å². The maximum absolute atomic E-state index is 12.9. The van der Waals surface area contributed by atoms with E-state index >= 15 is 0 Å². The second kappa shape index (κ2) is 7.48. The summed E-state index contributed by atoms with van der Waals surface area (Å²) >= 11 is 1.45. The van der Waals surface area contributed by atoms with Gasteiger partial charge >= 0.3 is 0 Å². The van der Waals surface area contributed by atoms with E-state index in [9.17, 15) is 4.79 Å². The van der Waals surface area contributed by atoms with E-state index in [2.05, 4.69) is 22.2 Å². The molecule has 0 radical (unpaired) electrons. The average Bonchev–Trinajstić information content (AvgIpc) is 3.00. The maximum atomic E-state index is 12.9. The second-order valence-corrected chi connectivity index (χ2v) is 8.59. The number of likely N-dealkylation sites (N-methyl/N-ethyl adjacent to an activating group) is 1. The molecule has 1 amide bonds. The fourth-order valence-corrected chi connectivity index (χ4v) is 4.71. The Hall–Kier alpha value is -2.51. The van der Waals surface area contributed by atoms with Gasteiger partial charge in [-0.15, -0.1) is 11.3 Å². The lowest BCUT2D eigenvalue weighted by molar-refractivity contribution is -0.880. The van der Waals surface area contributed by atoms with E-state index in [4.69, 9.17) is 4.98 Å². The molecule has 1 saturated heterocycles. The van der Waals surface area contributed by atoms with Crippen molar-refractivity contribution in [1.82, 2.24) is 9.97 Å². The van der Waals surface area contributed by atoms with Crippen LogP contribution in [0.15, 0.2) is 24.3 Å². The minimum Gasteiger partial charge on any atom is -0.345 e. The van der Waals surface area contributed by atoms with Crippen molar-refractivity contribution in [3.8, 4) is 0 Å². The minimum absolute atomic E-state index is 0.0872. The summed E-state index contributed by atoms with van der Waals surface area (Å²) in [5.74, 6) is 1.63. The first-order valence-corrected chi connectivity index (χ1v) is 10.5. The minimum atomic E-state index is -0.0872. The Morgan fingerprint density at radius 3 is 2.46 bits per heavy atom. The summed E-state index contributed by atoms with van der Waals surface area (Å²) in [5.41, 5.74) is 2.93. The van der Waals surface area contributed by atoms with E-state index in [1.807, 2.05) is 45.0 Å². The van der Waals surface area contributed by atoms with Crippen LogP contribution in [0.4, 0.5) is 11.5 Å². The number of carbonyl (C=O) groups excluding carboxylic acids is 1. The van der Waals surface area contributed by atoms with E-state index < -0.39 is 0 Å². The van der Waals surface area contributed by atoms with Crippen LogP contribution in [-0.4, -0.2) is 49.1 Å². The van der Waals surface area contributed by atoms with Gasteiger partial charge < -0.3 is 15.1 Å². The molecule has 6 nitrogen and oxygen atoms in total. The van der Waals surface area contributed by atoms with Gasteiger partial charge in [0.15, 0.2) is 0 Å². The van der Waals surface area contributed by atoms with E-state index in [1.165, 1.54) is 16.9 Å². The molecule has 0 atom stereocenters. The number of rotatable bonds is 3. The second-order valence-electron chi connectivity index (χ2n) is 7.60. The number of benzene rings is 1. The van der Waals surface area contributed by atoms with Crippen molar-refractivity contribution >= 4 is 39.0 Å². The summed E-state index contributed by atoms with van der Waals surface area (Å²) in [6.45, 7) is 10.1. The zero-order valence-corrected chi connectivity index (χ0v) is 17.6. The van der Waals surface area contributed by atoms with Gasteiger partial charge in [0, 0.05) is 5.69 Å². The SMILES string of the molecule is Cc1ccc(NC(=O)c2sc3nc(C)nc(N4CC[NH+](C)CC4)c3c2C)cc1. The van der Waals surface area contributed by atoms with E-state index in [-0.39, 0.29) is 5.91 Å². The zero-order valence-electron chi connectivity index (χ0n) is 16.8. The van der Waals surface area contributed by atoms with Gasteiger partial charge in [-0.1, -0.05) is 17.7 Å². The van der Waals surface area contributed by atoms with Crippen LogP contribution in [0, 0.1) is 20.8 Å². The molecular formula is C21H26N5OS+. The van der Waals surface area contributed by atoms with Crippen LogP contribution in [-0.2, 0) is 0 Å². The zero-order chi connectivity index (χ0) is 19.8. The highest BCUT2D eigenvalue weighted by Gasteiger charge is 2.25. The van der Waals surface area contributed by atoms with Crippen LogP contribution in [0.25, 0.3) is 10.2 Å². The molecule has 1 aliphatic rings. The first kappa shape index (κ1) is 18.8. The number of aryl methyl sites for hydroxylation is 3. The first-order chi connectivity index (χ1) is 13.4. The molecule has 2 N–H and O–H groups in total. The lowest BCUT2D eigenvalue weighted by Gasteiger charge is -2.31. The largest absolute Gasteiger partial charge is 0.345 e. The van der Waals surface area contributed by atoms with Crippen molar-refractivity contribution < 1.29 is 9.69 Å². The van der Waals surface area contributed by atoms with Crippen molar-refractivity contribution in [1.29, 1.82) is 0 Å². The molecule has 0 aliphatic carbocycles. The number of piperazine rings is 1. The van der Waals surface area contributed by atoms with Gasteiger partial charge in [-0.3, -0.25) is 4.79 Å². The number of fused-ring (bicyclic) bond motifs is 1. The number of quaternary nitrogens is 1. The molecule has 28 heavy (non-hydrogen) atoms. The first-order valence-electron chi connectivity index (χ1n) is 9.64. The number of nitrogens with one attached hydrogen (secondary N) is 2. The van der Waals surface area contributed by atoms with Crippen molar-refractivity contribution in [3.63, 3.8) is 0 Å². The van der Waals surface area contributed by atoms with Gasteiger partial charge in [-0.05, 0) is 38.5 Å². The van der Waals surface area contributed by atoms with Gasteiger partial charge in [0.05, 0.1) is 43.5 Å². The van der Waals surface area contributed by atoms with Crippen molar-refractivity contribution in [2.75, 3.05) is 43.4 Å². The molecule has 3 aromatic rings. The summed E-state index contributed by atoms with van der Waals surface area (Å²) < 4.78 is 0. The molecule has 1 aliphatic heterocycles. The monoisotopic (exact) mass is 396 g/mol. The van der Waals surface area contributed by atoms with Gasteiger partial charge in [0.25, 0.3) is 5.91 Å². The van der Waals surface area contributed by atoms with Crippen LogP contribution in [0.5, 0.6) is 0 Å². The lowest BCUT2D eigenvalue weighted by atomic mass is 10.1. The van der Waals surface area contributed by atoms with Gasteiger partial charge in [0.2, 0.25) is 0 Å². The molecule has 4 rings (SSSR count). The highest BCUT2D eigenvalue weighted by molar-refractivity contribution is 7.20. The number of carbonyl (C=O) groups is 1. The molecule has 0 spiro atoms. The molecule has 146 valence electrons. The average molecular weight is 397 g/mol. The molecule has 3 heterocycles. The molecular weight excluding hydrogens is 370 g/mol. The predicted octanol–water partition coefficient (Wildman–Crippen LogP) is 2.20. The number of nitrogens with zero attached hydrogens (tertiary/aromatic N) is 3. The standard InChI is InChI=1S/C21H25N5OS/c1-13-5-7-16(8-6-13)24-20(27)18-14(2)17-19(22-15(3)23-21(17)28-18)26-11-9-25(4)10-12-26/h5-8H,9-12H2,1-4H3,(H,24,27)/p+1. The van der Waals surface area contributed by atoms with E-state index in [0.29, 0.717) is 4.88 Å². The highest BCUT2D eigenvalue weighted by atomic mass is 32.1. The third-order valence-corrected chi connectivity index (χ3v) is 6.50. The number of anilines is 2. The Bertz CT molecular complexity index is 1020. The number of hydrogen-bond acceptors (Lipinski definition) is 5. The molecule has 0 unspecified atom stereocenters. The lowest BCUT2D eigenvalue weighted by Crippen LogP contribution is -3.12. The Balaban J connectivity index is 1.70. The smallest absolute Gasteiger partial charge is 0.266 e. The molecule has 1 fully saturated rings. The van der Waals surface area contributed by atoms with E-state index in [0.717, 1.165) is 59.3 Å². The Morgan fingerprint density at radius 1 is 1.11 bits per heavy atom. The normalized spacial score (nSPS) is 15.2. The maximum Gasteiger partial charge on any atom is 0.266 e. The van der Waals surface area contributed by atoms with Crippen LogP contribution < -0.4 is 15.1 Å². The Morgan fingerprint density at radius 2 is 1.79 bits per heavy atom. The van der Waals surface area contributed by atoms with Gasteiger partial charge in [0.1, 0.15) is 16.5 Å². The number of aromatic nitrogens is 2. The number of thiophene rings is 1. The number of amides is 1. The molecule has 2 aromatic heterocycles. The predicted molar refractivity (Wildman–Crippen MR) is 115 cm³/mol. The number of hydrogen-bond donors (Lipinski definition) is 2. The van der Waals surface area contributed by atoms with Crippen molar-refractivity contribution in [3.05, 3.63) is 46.1 Å². The summed E-state index contributed by atoms with van der Waals surface area (Å²) in [5, 5.41) is 4.03. The van der Waals surface area contributed by atoms with Crippen molar-refractivity contribution in [2.45, 2.75) is 20.8 Å². The summed E-state index contributed by atoms with van der Waals surface area (Å²) in [4.78, 5) is 27.8. The quantitative estimate of drug-likeness (QED) is 0.713. The molecule has 0 saturated carbocycles. The Labute approximate surface area is 169 Å². The fourth-order valence-electron chi connectivity index (χ4n) is 3.59. The third-order valence-electron chi connectivity index (χ3n) is 5.32. The van der Waals surface area contributed by atoms with Crippen LogP contribution in [0.2, 0.25) is 0 Å². The molecule has 1 aromatic carbocycles. The third kappa shape index (κ3) is 3.59. The van der Waals surface area contributed by atoms with E-state index in [1.54, 1.807) is 4.90 Å². The topological polar surface area (TPSA) is 62.6 Å². The summed E-state index contributed by atoms with van der Waals surface area (Å²) in [7, 11) is 2.22. The molecule has 7 heteroatoms. The Kier molecular flexibility index (Phi) is 5.03. The van der Waals surface area contributed by atoms with Gasteiger partial charge in [-0.2, -0.15) is 0 Å². The summed E-state index contributed by atoms with van der Waals surface area (Å²) in [6.07, 6.45) is 0. The van der Waals surface area contributed by atoms with Crippen LogP contribution in [0.1, 0.15) is 26.6 Å². The molecule has 0 bridgehead atoms. The fraction of sp³-hybridized carbons (Fsp3) is 0.381. The summed E-state index contributed by atoms with van der Waals surface area (Å²) in [6, 6.07) is 7.85. The van der Waals surface area contributed by atoms with Crippen molar-refractivity contribution in [2.24, 2.45) is 0 Å². The van der Waals surface area contributed by atoms with Crippen LogP contribution in [0.3, 0.4) is 0 Å². The highest BCUT2D eigenvalue weighted by Crippen LogP contribution is 2.36.